The van der Waals surface area contributed by atoms with Crippen LogP contribution < -0.4 is 10.0 Å². The Morgan fingerprint density at radius 2 is 2.10 bits per heavy atom. The molecule has 3 aliphatic rings. The fourth-order valence-corrected chi connectivity index (χ4v) is 5.35. The van der Waals surface area contributed by atoms with Gasteiger partial charge in [-0.2, -0.15) is 12.7 Å². The number of halogens is 1. The first-order valence-corrected chi connectivity index (χ1v) is 9.06. The van der Waals surface area contributed by atoms with Crippen molar-refractivity contribution in [1.82, 2.24) is 14.3 Å². The van der Waals surface area contributed by atoms with E-state index in [0.29, 0.717) is 18.4 Å². The van der Waals surface area contributed by atoms with Crippen molar-refractivity contribution < 1.29 is 8.42 Å². The van der Waals surface area contributed by atoms with E-state index in [-0.39, 0.29) is 18.4 Å². The fourth-order valence-electron chi connectivity index (χ4n) is 3.82. The van der Waals surface area contributed by atoms with E-state index in [9.17, 15) is 8.42 Å². The molecule has 2 saturated heterocycles. The third-order valence-electron chi connectivity index (χ3n) is 4.90. The lowest BCUT2D eigenvalue weighted by atomic mass is 9.96. The second kappa shape index (κ2) is 6.92. The van der Waals surface area contributed by atoms with Crippen molar-refractivity contribution in [2.45, 2.75) is 44.6 Å². The summed E-state index contributed by atoms with van der Waals surface area (Å²) in [6, 6.07) is 0.277. The van der Waals surface area contributed by atoms with Gasteiger partial charge in [-0.25, -0.2) is 4.72 Å². The molecule has 3 rings (SSSR count). The first-order valence-electron chi connectivity index (χ1n) is 7.62. The highest BCUT2D eigenvalue weighted by Gasteiger charge is 2.43. The van der Waals surface area contributed by atoms with E-state index in [1.165, 1.54) is 19.3 Å². The van der Waals surface area contributed by atoms with E-state index in [0.717, 1.165) is 38.9 Å². The van der Waals surface area contributed by atoms with Crippen molar-refractivity contribution in [2.24, 2.45) is 11.8 Å². The van der Waals surface area contributed by atoms with Crippen molar-refractivity contribution in [2.75, 3.05) is 26.2 Å². The molecular formula is C13H26ClN3O2S. The Morgan fingerprint density at radius 1 is 1.25 bits per heavy atom. The minimum atomic E-state index is -3.23. The Kier molecular flexibility index (Phi) is 5.71. The topological polar surface area (TPSA) is 61.4 Å². The van der Waals surface area contributed by atoms with Crippen LogP contribution in [0.4, 0.5) is 0 Å². The molecule has 0 aromatic heterocycles. The van der Waals surface area contributed by atoms with Gasteiger partial charge in [0.1, 0.15) is 0 Å². The zero-order chi connectivity index (χ0) is 13.3. The second-order valence-corrected chi connectivity index (χ2v) is 8.01. The molecule has 7 heteroatoms. The van der Waals surface area contributed by atoms with Crippen LogP contribution in [0, 0.1) is 11.8 Å². The molecule has 5 nitrogen and oxygen atoms in total. The van der Waals surface area contributed by atoms with E-state index in [1.54, 1.807) is 4.31 Å². The number of fused-ring (bicyclic) bond motifs is 2. The van der Waals surface area contributed by atoms with Crippen LogP contribution in [0.5, 0.6) is 0 Å². The quantitative estimate of drug-likeness (QED) is 0.797. The maximum Gasteiger partial charge on any atom is 0.279 e. The van der Waals surface area contributed by atoms with Gasteiger partial charge in [0.05, 0.1) is 0 Å². The van der Waals surface area contributed by atoms with Gasteiger partial charge in [-0.15, -0.1) is 12.4 Å². The minimum Gasteiger partial charge on any atom is -0.316 e. The van der Waals surface area contributed by atoms with Crippen molar-refractivity contribution in [3.05, 3.63) is 0 Å². The third kappa shape index (κ3) is 3.65. The lowest BCUT2D eigenvalue weighted by Gasteiger charge is -2.27. The monoisotopic (exact) mass is 323 g/mol. The fraction of sp³-hybridized carbons (Fsp3) is 1.00. The molecule has 0 aromatic carbocycles. The molecule has 3 unspecified atom stereocenters. The minimum absolute atomic E-state index is 0. The molecule has 1 aliphatic carbocycles. The highest BCUT2D eigenvalue weighted by atomic mass is 35.5. The average Bonchev–Trinajstić information content (AvgIpc) is 3.02. The molecule has 3 fully saturated rings. The highest BCUT2D eigenvalue weighted by molar-refractivity contribution is 7.87. The zero-order valence-electron chi connectivity index (χ0n) is 11.9. The summed E-state index contributed by atoms with van der Waals surface area (Å²) in [7, 11) is -3.23. The number of nitrogens with zero attached hydrogens (tertiary/aromatic N) is 1. The van der Waals surface area contributed by atoms with E-state index in [1.807, 2.05) is 0 Å². The van der Waals surface area contributed by atoms with Crippen LogP contribution in [0.15, 0.2) is 0 Å². The molecule has 2 heterocycles. The van der Waals surface area contributed by atoms with Crippen molar-refractivity contribution >= 4 is 22.6 Å². The van der Waals surface area contributed by atoms with E-state index < -0.39 is 10.2 Å². The number of piperidine rings is 2. The summed E-state index contributed by atoms with van der Waals surface area (Å²) in [6.45, 7) is 3.47. The Labute approximate surface area is 128 Å². The largest absolute Gasteiger partial charge is 0.316 e. The maximum atomic E-state index is 12.3. The van der Waals surface area contributed by atoms with Crippen LogP contribution in [0.2, 0.25) is 0 Å². The predicted octanol–water partition coefficient (Wildman–Crippen LogP) is 1.12. The summed E-state index contributed by atoms with van der Waals surface area (Å²) in [4.78, 5) is 0. The molecule has 118 valence electrons. The smallest absolute Gasteiger partial charge is 0.279 e. The number of hydrogen-bond donors (Lipinski definition) is 2. The average molecular weight is 324 g/mol. The number of hydrogen-bond acceptors (Lipinski definition) is 3. The first kappa shape index (κ1) is 16.5. The normalized spacial score (nSPS) is 34.1. The molecule has 1 saturated carbocycles. The summed E-state index contributed by atoms with van der Waals surface area (Å²) >= 11 is 0. The molecule has 0 spiro atoms. The van der Waals surface area contributed by atoms with Gasteiger partial charge in [0.2, 0.25) is 0 Å². The lowest BCUT2D eigenvalue weighted by Crippen LogP contribution is -2.45. The third-order valence-corrected chi connectivity index (χ3v) is 6.54. The van der Waals surface area contributed by atoms with Gasteiger partial charge >= 0.3 is 0 Å². The van der Waals surface area contributed by atoms with Gasteiger partial charge in [-0.05, 0) is 63.5 Å². The molecule has 3 atom stereocenters. The van der Waals surface area contributed by atoms with Gasteiger partial charge in [0, 0.05) is 19.1 Å². The number of nitrogens with one attached hydrogen (secondary N) is 2. The van der Waals surface area contributed by atoms with Crippen LogP contribution in [-0.4, -0.2) is 44.9 Å². The van der Waals surface area contributed by atoms with E-state index in [4.69, 9.17) is 0 Å². The Balaban J connectivity index is 0.00000147. The van der Waals surface area contributed by atoms with Gasteiger partial charge in [0.25, 0.3) is 10.2 Å². The van der Waals surface area contributed by atoms with Crippen LogP contribution >= 0.6 is 12.4 Å². The van der Waals surface area contributed by atoms with E-state index >= 15 is 0 Å². The molecule has 0 radical (unpaired) electrons. The van der Waals surface area contributed by atoms with Crippen molar-refractivity contribution in [3.8, 4) is 0 Å². The second-order valence-electron chi connectivity index (χ2n) is 6.30. The summed E-state index contributed by atoms with van der Waals surface area (Å²) < 4.78 is 29.0. The summed E-state index contributed by atoms with van der Waals surface area (Å²) in [5.74, 6) is 1.25. The Morgan fingerprint density at radius 3 is 2.70 bits per heavy atom. The van der Waals surface area contributed by atoms with Crippen LogP contribution in [-0.2, 0) is 10.2 Å². The van der Waals surface area contributed by atoms with Crippen molar-refractivity contribution in [3.63, 3.8) is 0 Å². The predicted molar refractivity (Wildman–Crippen MR) is 82.2 cm³/mol. The van der Waals surface area contributed by atoms with Gasteiger partial charge in [0.15, 0.2) is 0 Å². The SMILES string of the molecule is Cl.O=S(=O)(NCCC1CCCNC1)N1CC2CCC1C2. The molecular weight excluding hydrogens is 298 g/mol. The highest BCUT2D eigenvalue weighted by Crippen LogP contribution is 2.38. The molecule has 2 N–H and O–H groups in total. The standard InChI is InChI=1S/C13H25N3O2S.ClH/c17-19(18,16-10-12-3-4-13(16)8-12)15-7-5-11-2-1-6-14-9-11;/h11-15H,1-10H2;1H. The van der Waals surface area contributed by atoms with E-state index in [2.05, 4.69) is 10.0 Å². The lowest BCUT2D eigenvalue weighted by molar-refractivity contribution is 0.324. The summed E-state index contributed by atoms with van der Waals surface area (Å²) in [5.41, 5.74) is 0. The molecule has 2 bridgehead atoms. The van der Waals surface area contributed by atoms with Crippen molar-refractivity contribution in [1.29, 1.82) is 0 Å². The van der Waals surface area contributed by atoms with Gasteiger partial charge in [-0.1, -0.05) is 0 Å². The number of rotatable bonds is 5. The van der Waals surface area contributed by atoms with Crippen LogP contribution in [0.1, 0.15) is 38.5 Å². The van der Waals surface area contributed by atoms with Crippen LogP contribution in [0.25, 0.3) is 0 Å². The first-order chi connectivity index (χ1) is 9.15. The Bertz CT molecular complexity index is 412. The molecule has 2 aliphatic heterocycles. The summed E-state index contributed by atoms with van der Waals surface area (Å²) in [6.07, 6.45) is 6.74. The Hall–Kier alpha value is 0.120. The molecule has 0 aromatic rings. The summed E-state index contributed by atoms with van der Waals surface area (Å²) in [5, 5.41) is 3.37. The van der Waals surface area contributed by atoms with Gasteiger partial charge < -0.3 is 5.32 Å². The van der Waals surface area contributed by atoms with Gasteiger partial charge in [-0.3, -0.25) is 0 Å². The molecule has 0 amide bonds. The zero-order valence-corrected chi connectivity index (χ0v) is 13.5. The maximum absolute atomic E-state index is 12.3. The molecule has 20 heavy (non-hydrogen) atoms. The van der Waals surface area contributed by atoms with Crippen LogP contribution in [0.3, 0.4) is 0 Å².